The Balaban J connectivity index is 1.51. The summed E-state index contributed by atoms with van der Waals surface area (Å²) in [5.74, 6) is 0.199. The maximum atomic E-state index is 12.8. The maximum absolute atomic E-state index is 12.8. The number of amides is 1. The highest BCUT2D eigenvalue weighted by Crippen LogP contribution is 2.43. The van der Waals surface area contributed by atoms with Crippen LogP contribution in [0.4, 0.5) is 11.5 Å². The first-order chi connectivity index (χ1) is 15.3. The molecule has 1 saturated heterocycles. The first-order valence-corrected chi connectivity index (χ1v) is 11.7. The molecule has 12 heteroatoms. The highest BCUT2D eigenvalue weighted by Gasteiger charge is 2.44. The van der Waals surface area contributed by atoms with E-state index in [4.69, 9.17) is 34.7 Å². The van der Waals surface area contributed by atoms with Gasteiger partial charge in [0.15, 0.2) is 11.5 Å². The average Bonchev–Trinajstić information content (AvgIpc) is 3.33. The van der Waals surface area contributed by atoms with Gasteiger partial charge in [-0.05, 0) is 25.3 Å². The molecule has 5 rings (SSSR count). The number of halogens is 3. The van der Waals surface area contributed by atoms with Crippen LogP contribution < -0.4 is 21.7 Å². The van der Waals surface area contributed by atoms with Crippen molar-refractivity contribution < 1.29 is 4.79 Å². The molecule has 1 atom stereocenters. The second-order valence-corrected chi connectivity index (χ2v) is 10.00. The van der Waals surface area contributed by atoms with Gasteiger partial charge in [0.25, 0.3) is 0 Å². The number of benzene rings is 1. The zero-order chi connectivity index (χ0) is 22.6. The van der Waals surface area contributed by atoms with E-state index in [2.05, 4.69) is 36.2 Å². The fourth-order valence-corrected chi connectivity index (χ4v) is 5.21. The number of nitrogens with one attached hydrogen (secondary N) is 1. The van der Waals surface area contributed by atoms with E-state index < -0.39 is 5.54 Å². The second-order valence-electron chi connectivity index (χ2n) is 8.36. The van der Waals surface area contributed by atoms with E-state index in [1.807, 2.05) is 9.47 Å². The van der Waals surface area contributed by atoms with Gasteiger partial charge >= 0.3 is 0 Å². The summed E-state index contributed by atoms with van der Waals surface area (Å²) in [5, 5.41) is 3.85. The number of carbonyl (C=O) groups is 1. The summed E-state index contributed by atoms with van der Waals surface area (Å²) in [6.45, 7) is 1.32. The first kappa shape index (κ1) is 21.7. The topological polar surface area (TPSA) is 128 Å². The number of anilines is 2. The van der Waals surface area contributed by atoms with Gasteiger partial charge in [-0.3, -0.25) is 4.79 Å². The molecular weight excluding hydrogens is 519 g/mol. The maximum Gasteiger partial charge on any atom is 0.242 e. The van der Waals surface area contributed by atoms with E-state index in [1.165, 1.54) is 6.33 Å². The molecule has 2 aromatic heterocycles. The highest BCUT2D eigenvalue weighted by atomic mass is 79.9. The van der Waals surface area contributed by atoms with E-state index >= 15 is 0 Å². The monoisotopic (exact) mass is 538 g/mol. The third-order valence-corrected chi connectivity index (χ3v) is 7.47. The molecule has 0 unspecified atom stereocenters. The third kappa shape index (κ3) is 3.79. The second kappa shape index (κ2) is 8.02. The molecule has 2 fully saturated rings. The fraction of sp³-hybridized carbons (Fsp3) is 0.400. The molecule has 0 radical (unpaired) electrons. The van der Waals surface area contributed by atoms with Crippen molar-refractivity contribution in [3.05, 3.63) is 38.8 Å². The largest absolute Gasteiger partial charge is 0.382 e. The van der Waals surface area contributed by atoms with Gasteiger partial charge in [0.2, 0.25) is 5.91 Å². The molecule has 5 N–H and O–H groups in total. The zero-order valence-corrected chi connectivity index (χ0v) is 20.1. The van der Waals surface area contributed by atoms with Gasteiger partial charge in [-0.15, -0.1) is 0 Å². The summed E-state index contributed by atoms with van der Waals surface area (Å²) in [7, 11) is 0. The van der Waals surface area contributed by atoms with Crippen molar-refractivity contribution in [1.29, 1.82) is 0 Å². The van der Waals surface area contributed by atoms with Crippen LogP contribution in [0.25, 0.3) is 11.2 Å². The highest BCUT2D eigenvalue weighted by molar-refractivity contribution is 9.10. The molecule has 1 saturated carbocycles. The number of rotatable bonds is 5. The Morgan fingerprint density at radius 3 is 2.84 bits per heavy atom. The third-order valence-electron chi connectivity index (χ3n) is 5.99. The first-order valence-electron chi connectivity index (χ1n) is 10.2. The van der Waals surface area contributed by atoms with Gasteiger partial charge in [-0.25, -0.2) is 15.0 Å². The predicted octanol–water partition coefficient (Wildman–Crippen LogP) is 2.71. The van der Waals surface area contributed by atoms with Gasteiger partial charge in [-0.1, -0.05) is 39.1 Å². The molecule has 1 aliphatic heterocycles. The summed E-state index contributed by atoms with van der Waals surface area (Å²) in [6.07, 6.45) is 5.60. The van der Waals surface area contributed by atoms with Crippen molar-refractivity contribution in [2.75, 3.05) is 23.7 Å². The van der Waals surface area contributed by atoms with Crippen molar-refractivity contribution >= 4 is 67.7 Å². The van der Waals surface area contributed by atoms with Gasteiger partial charge in [0.1, 0.15) is 17.4 Å². The molecule has 168 valence electrons. The Morgan fingerprint density at radius 2 is 2.09 bits per heavy atom. The number of carbonyl (C=O) groups excluding carboxylic acids is 1. The Labute approximate surface area is 202 Å². The zero-order valence-electron chi connectivity index (χ0n) is 17.0. The lowest BCUT2D eigenvalue weighted by molar-refractivity contribution is -0.125. The van der Waals surface area contributed by atoms with Crippen molar-refractivity contribution in [1.82, 2.24) is 24.8 Å². The van der Waals surface area contributed by atoms with Crippen LogP contribution in [0.2, 0.25) is 10.0 Å². The van der Waals surface area contributed by atoms with Crippen molar-refractivity contribution in [2.24, 2.45) is 5.73 Å². The molecule has 32 heavy (non-hydrogen) atoms. The van der Waals surface area contributed by atoms with E-state index in [9.17, 15) is 4.79 Å². The molecule has 1 aliphatic carbocycles. The number of nitrogen functional groups attached to an aromatic ring is 1. The van der Waals surface area contributed by atoms with Crippen LogP contribution in [0, 0.1) is 0 Å². The van der Waals surface area contributed by atoms with Crippen LogP contribution in [0.15, 0.2) is 23.2 Å². The van der Waals surface area contributed by atoms with Gasteiger partial charge in [-0.2, -0.15) is 0 Å². The molecule has 3 heterocycles. The van der Waals surface area contributed by atoms with E-state index in [0.29, 0.717) is 53.1 Å². The summed E-state index contributed by atoms with van der Waals surface area (Å²) >= 11 is 16.7. The SMILES string of the molecule is Nc1ncnc2c1ncn2Cc1c(Br)cc(Cl)c(Cl)c1N1CC[C@](N)(C(=O)NC2CC2)C1. The van der Waals surface area contributed by atoms with Crippen LogP contribution in [0.1, 0.15) is 24.8 Å². The van der Waals surface area contributed by atoms with Crippen LogP contribution in [-0.4, -0.2) is 50.1 Å². The minimum atomic E-state index is -0.985. The number of imidazole rings is 1. The summed E-state index contributed by atoms with van der Waals surface area (Å²) in [4.78, 5) is 27.5. The normalized spacial score (nSPS) is 20.8. The Morgan fingerprint density at radius 1 is 1.31 bits per heavy atom. The molecule has 3 aromatic rings. The van der Waals surface area contributed by atoms with Crippen molar-refractivity contribution in [2.45, 2.75) is 37.4 Å². The van der Waals surface area contributed by atoms with E-state index in [-0.39, 0.29) is 11.9 Å². The quantitative estimate of drug-likeness (QED) is 0.425. The van der Waals surface area contributed by atoms with Crippen molar-refractivity contribution in [3.8, 4) is 0 Å². The minimum Gasteiger partial charge on any atom is -0.382 e. The van der Waals surface area contributed by atoms with Crippen LogP contribution in [0.3, 0.4) is 0 Å². The average molecular weight is 540 g/mol. The number of fused-ring (bicyclic) bond motifs is 1. The molecule has 0 bridgehead atoms. The fourth-order valence-electron chi connectivity index (χ4n) is 4.05. The number of nitrogens with two attached hydrogens (primary N) is 2. The number of nitrogens with zero attached hydrogens (tertiary/aromatic N) is 5. The number of hydrogen-bond acceptors (Lipinski definition) is 7. The van der Waals surface area contributed by atoms with E-state index in [1.54, 1.807) is 12.4 Å². The molecular formula is C20H21BrCl2N8O. The predicted molar refractivity (Wildman–Crippen MR) is 128 cm³/mol. The standard InChI is InChI=1S/C20H21BrCl2N8O/c21-12-5-13(22)14(23)16(30-4-3-20(25,7-30)19(32)29-10-1-2-10)11(12)6-31-9-28-15-17(24)26-8-27-18(15)31/h5,8-10H,1-4,6-7,25H2,(H,29,32)(H2,24,26,27)/t20-/m1/s1. The Kier molecular flexibility index (Phi) is 5.43. The van der Waals surface area contributed by atoms with Gasteiger partial charge in [0, 0.05) is 29.2 Å². The molecule has 1 amide bonds. The van der Waals surface area contributed by atoms with Gasteiger partial charge < -0.3 is 26.3 Å². The van der Waals surface area contributed by atoms with E-state index in [0.717, 1.165) is 28.6 Å². The molecule has 1 aromatic carbocycles. The number of aromatic nitrogens is 4. The van der Waals surface area contributed by atoms with Gasteiger partial charge in [0.05, 0.1) is 28.6 Å². The summed E-state index contributed by atoms with van der Waals surface area (Å²) < 4.78 is 2.65. The summed E-state index contributed by atoms with van der Waals surface area (Å²) in [6, 6.07) is 2.01. The smallest absolute Gasteiger partial charge is 0.242 e. The minimum absolute atomic E-state index is 0.117. The van der Waals surface area contributed by atoms with Crippen LogP contribution in [-0.2, 0) is 11.3 Å². The lowest BCUT2D eigenvalue weighted by Gasteiger charge is -2.28. The molecule has 0 spiro atoms. The lowest BCUT2D eigenvalue weighted by Crippen LogP contribution is -2.56. The Hall–Kier alpha value is -2.14. The molecule has 2 aliphatic rings. The van der Waals surface area contributed by atoms with Crippen molar-refractivity contribution in [3.63, 3.8) is 0 Å². The lowest BCUT2D eigenvalue weighted by atomic mass is 9.99. The summed E-state index contributed by atoms with van der Waals surface area (Å²) in [5.41, 5.74) is 14.2. The van der Waals surface area contributed by atoms with Crippen LogP contribution in [0.5, 0.6) is 0 Å². The molecule has 9 nitrogen and oxygen atoms in total. The number of hydrogen-bond donors (Lipinski definition) is 3. The Bertz CT molecular complexity index is 1230. The van der Waals surface area contributed by atoms with Crippen LogP contribution >= 0.6 is 39.1 Å².